The summed E-state index contributed by atoms with van der Waals surface area (Å²) in [6.07, 6.45) is -0.949. The molecule has 0 aromatic heterocycles. The molecule has 13 nitrogen and oxygen atoms in total. The smallest absolute Gasteiger partial charge is 0.328 e. The molecule has 0 aliphatic carbocycles. The summed E-state index contributed by atoms with van der Waals surface area (Å²) >= 11 is 1.24. The Morgan fingerprint density at radius 2 is 1.50 bits per heavy atom. The number of hydrogen-bond acceptors (Lipinski definition) is 9. The van der Waals surface area contributed by atoms with Crippen LogP contribution in [-0.4, -0.2) is 87.8 Å². The summed E-state index contributed by atoms with van der Waals surface area (Å²) in [7, 11) is 0. The van der Waals surface area contributed by atoms with Gasteiger partial charge in [0.2, 0.25) is 17.7 Å². The number of nitrogens with one attached hydrogen (secondary N) is 3. The van der Waals surface area contributed by atoms with E-state index >= 15 is 0 Å². The lowest BCUT2D eigenvalue weighted by Crippen LogP contribution is -2.58. The number of carbonyl (C=O) groups is 5. The van der Waals surface area contributed by atoms with Gasteiger partial charge in [-0.05, 0) is 65.1 Å². The van der Waals surface area contributed by atoms with Crippen LogP contribution in [0.4, 0.5) is 14.5 Å². The number of β-lactam (4-membered cyclic amide) rings is 1. The quantitative estimate of drug-likeness (QED) is 0.119. The van der Waals surface area contributed by atoms with E-state index in [4.69, 9.17) is 9.84 Å². The fourth-order valence-corrected chi connectivity index (χ4v) is 6.58. The van der Waals surface area contributed by atoms with E-state index in [9.17, 15) is 43.0 Å². The second-order valence-corrected chi connectivity index (χ2v) is 14.2. The average molecular weight is 743 g/mol. The molecule has 5 atom stereocenters. The Hall–Kier alpha value is -5.06. The average Bonchev–Trinajstić information content (AvgIpc) is 3.10. The van der Waals surface area contributed by atoms with Gasteiger partial charge in [0.1, 0.15) is 34.7 Å². The maximum atomic E-state index is 13.7. The zero-order chi connectivity index (χ0) is 38.2. The van der Waals surface area contributed by atoms with Gasteiger partial charge >= 0.3 is 5.97 Å². The Morgan fingerprint density at radius 1 is 0.904 bits per heavy atom. The van der Waals surface area contributed by atoms with E-state index in [-0.39, 0.29) is 11.7 Å². The molecule has 4 amide bonds. The summed E-state index contributed by atoms with van der Waals surface area (Å²) < 4.78 is 32.6. The molecule has 1 aliphatic rings. The highest BCUT2D eigenvalue weighted by atomic mass is 32.2. The minimum absolute atomic E-state index is 0.156. The maximum Gasteiger partial charge on any atom is 0.328 e. The highest BCUT2D eigenvalue weighted by Crippen LogP contribution is 2.46. The Morgan fingerprint density at radius 3 is 2.06 bits per heavy atom. The SMILES string of the molecule is CC(C)(C)[C@@H](NC(=O)CNC(=O)COc1ccc([C@@H]2[C@@H](SC[C@H](O)c3ccc(F)cc3)C(=O)N2c2ccc(F)cc2)cc1)C(=O)N[C@H](CO)C(=O)O. The van der Waals surface area contributed by atoms with Crippen molar-refractivity contribution in [2.45, 2.75) is 50.3 Å². The minimum atomic E-state index is -1.56. The molecule has 1 heterocycles. The second-order valence-electron chi connectivity index (χ2n) is 13.0. The lowest BCUT2D eigenvalue weighted by molar-refractivity contribution is -0.144. The molecule has 278 valence electrons. The third-order valence-corrected chi connectivity index (χ3v) is 9.43. The van der Waals surface area contributed by atoms with E-state index < -0.39 is 90.0 Å². The van der Waals surface area contributed by atoms with Gasteiger partial charge in [-0.25, -0.2) is 13.6 Å². The molecule has 0 saturated carbocycles. The normalized spacial score (nSPS) is 17.3. The van der Waals surface area contributed by atoms with Crippen LogP contribution in [0.15, 0.2) is 72.8 Å². The van der Waals surface area contributed by atoms with Crippen LogP contribution in [0.1, 0.15) is 44.0 Å². The zero-order valence-electron chi connectivity index (χ0n) is 28.5. The first kappa shape index (κ1) is 39.7. The van der Waals surface area contributed by atoms with Crippen molar-refractivity contribution >= 4 is 47.0 Å². The van der Waals surface area contributed by atoms with Crippen molar-refractivity contribution in [1.82, 2.24) is 16.0 Å². The first-order valence-electron chi connectivity index (χ1n) is 16.2. The van der Waals surface area contributed by atoms with Crippen molar-refractivity contribution in [1.29, 1.82) is 0 Å². The number of thioether (sulfide) groups is 1. The number of anilines is 1. The number of aliphatic hydroxyl groups excluding tert-OH is 2. The van der Waals surface area contributed by atoms with Gasteiger partial charge in [-0.2, -0.15) is 0 Å². The number of ether oxygens (including phenoxy) is 1. The van der Waals surface area contributed by atoms with Crippen molar-refractivity contribution in [3.8, 4) is 5.75 Å². The number of aliphatic hydroxyl groups is 2. The number of rotatable bonds is 16. The Labute approximate surface area is 302 Å². The fraction of sp³-hybridized carbons (Fsp3) is 0.361. The van der Waals surface area contributed by atoms with Gasteiger partial charge in [-0.15, -0.1) is 11.8 Å². The molecule has 0 spiro atoms. The van der Waals surface area contributed by atoms with Crippen LogP contribution < -0.4 is 25.6 Å². The topological polar surface area (TPSA) is 195 Å². The third kappa shape index (κ3) is 10.3. The first-order valence-corrected chi connectivity index (χ1v) is 17.2. The van der Waals surface area contributed by atoms with E-state index in [1.54, 1.807) is 45.0 Å². The number of aliphatic carboxylic acids is 1. The lowest BCUT2D eigenvalue weighted by Gasteiger charge is -2.47. The summed E-state index contributed by atoms with van der Waals surface area (Å²) in [5, 5.41) is 35.4. The number of nitrogens with zero attached hydrogens (tertiary/aromatic N) is 1. The van der Waals surface area contributed by atoms with Gasteiger partial charge in [0.15, 0.2) is 6.61 Å². The number of halogens is 2. The number of carboxylic acids is 1. The molecule has 6 N–H and O–H groups in total. The monoisotopic (exact) mass is 742 g/mol. The van der Waals surface area contributed by atoms with Crippen LogP contribution in [0.25, 0.3) is 0 Å². The van der Waals surface area contributed by atoms with Crippen molar-refractivity contribution in [2.24, 2.45) is 5.41 Å². The van der Waals surface area contributed by atoms with Gasteiger partial charge in [-0.1, -0.05) is 45.0 Å². The minimum Gasteiger partial charge on any atom is -0.484 e. The van der Waals surface area contributed by atoms with Crippen LogP contribution in [-0.2, 0) is 24.0 Å². The van der Waals surface area contributed by atoms with E-state index in [0.29, 0.717) is 22.6 Å². The number of benzene rings is 3. The number of carbonyl (C=O) groups excluding carboxylic acids is 4. The van der Waals surface area contributed by atoms with Crippen molar-refractivity contribution in [3.63, 3.8) is 0 Å². The van der Waals surface area contributed by atoms with Gasteiger partial charge in [-0.3, -0.25) is 19.2 Å². The summed E-state index contributed by atoms with van der Waals surface area (Å²) in [5.74, 6) is -4.30. The van der Waals surface area contributed by atoms with Crippen LogP contribution in [0.2, 0.25) is 0 Å². The molecule has 1 aliphatic heterocycles. The molecule has 0 bridgehead atoms. The van der Waals surface area contributed by atoms with Crippen LogP contribution in [0, 0.1) is 17.0 Å². The molecule has 16 heteroatoms. The predicted octanol–water partition coefficient (Wildman–Crippen LogP) is 2.48. The Bertz CT molecular complexity index is 1740. The summed E-state index contributed by atoms with van der Waals surface area (Å²) in [5.41, 5.74) is 0.851. The molecule has 1 saturated heterocycles. The standard InChI is InChI=1S/C36H40F2N4O9S/c1-36(2,3)32(33(47)40-26(17-43)35(49)50)41-28(45)16-39-29(46)18-51-25-14-6-21(7-15-25)30-31(34(48)42(30)24-12-10-23(38)11-13-24)52-19-27(44)20-4-8-22(37)9-5-20/h4-15,26-27,30-32,43-44H,16-19H2,1-3H3,(H,39,46)(H,40,47)(H,41,45)(H,49,50)/t26-,27+,30-,31-,32+/m1/s1. The molecule has 3 aromatic carbocycles. The molecule has 52 heavy (non-hydrogen) atoms. The summed E-state index contributed by atoms with van der Waals surface area (Å²) in [4.78, 5) is 63.8. The molecule has 3 aromatic rings. The Kier molecular flexibility index (Phi) is 13.3. The number of hydrogen-bond donors (Lipinski definition) is 6. The van der Waals surface area contributed by atoms with E-state index in [1.807, 2.05) is 0 Å². The van der Waals surface area contributed by atoms with Gasteiger partial charge in [0.25, 0.3) is 5.91 Å². The molecular weight excluding hydrogens is 702 g/mol. The Balaban J connectivity index is 1.34. The number of amides is 4. The van der Waals surface area contributed by atoms with Gasteiger partial charge < -0.3 is 40.9 Å². The van der Waals surface area contributed by atoms with Gasteiger partial charge in [0.05, 0.1) is 25.3 Å². The van der Waals surface area contributed by atoms with Crippen LogP contribution in [0.5, 0.6) is 5.75 Å². The molecule has 4 rings (SSSR count). The van der Waals surface area contributed by atoms with Crippen LogP contribution >= 0.6 is 11.8 Å². The fourth-order valence-electron chi connectivity index (χ4n) is 5.28. The lowest BCUT2D eigenvalue weighted by atomic mass is 9.86. The summed E-state index contributed by atoms with van der Waals surface area (Å²) in [6.45, 7) is 3.12. The maximum absolute atomic E-state index is 13.7. The molecule has 1 fully saturated rings. The first-order chi connectivity index (χ1) is 24.6. The van der Waals surface area contributed by atoms with Crippen molar-refractivity contribution in [2.75, 3.05) is 30.4 Å². The van der Waals surface area contributed by atoms with E-state index in [2.05, 4.69) is 16.0 Å². The summed E-state index contributed by atoms with van der Waals surface area (Å²) in [6, 6.07) is 14.3. The highest BCUT2D eigenvalue weighted by molar-refractivity contribution is 8.00. The van der Waals surface area contributed by atoms with Crippen molar-refractivity contribution < 1.29 is 52.8 Å². The molecule has 0 unspecified atom stereocenters. The van der Waals surface area contributed by atoms with E-state index in [1.165, 1.54) is 65.2 Å². The van der Waals surface area contributed by atoms with Crippen LogP contribution in [0.3, 0.4) is 0 Å². The predicted molar refractivity (Wildman–Crippen MR) is 187 cm³/mol. The highest BCUT2D eigenvalue weighted by Gasteiger charge is 2.49. The molecule has 0 radical (unpaired) electrons. The van der Waals surface area contributed by atoms with E-state index in [0.717, 1.165) is 0 Å². The van der Waals surface area contributed by atoms with Gasteiger partial charge in [0, 0.05) is 11.4 Å². The number of carboxylic acid groups (broad SMARTS) is 1. The van der Waals surface area contributed by atoms with Crippen molar-refractivity contribution in [3.05, 3.63) is 95.6 Å². The largest absolute Gasteiger partial charge is 0.484 e. The second kappa shape index (κ2) is 17.4. The molecular formula is C36H40F2N4O9S. The third-order valence-electron chi connectivity index (χ3n) is 8.11. The zero-order valence-corrected chi connectivity index (χ0v) is 29.4.